The van der Waals surface area contributed by atoms with Gasteiger partial charge in [-0.25, -0.2) is 0 Å². The number of phenolic OH excluding ortho intramolecular Hbond substituents is 1. The van der Waals surface area contributed by atoms with Crippen LogP contribution in [0.1, 0.15) is 20.7 Å². The molecule has 0 amide bonds. The molecule has 100 valence electrons. The molecule has 0 heterocycles. The molecule has 0 radical (unpaired) electrons. The van der Waals surface area contributed by atoms with Crippen LogP contribution >= 0.6 is 11.6 Å². The van der Waals surface area contributed by atoms with Gasteiger partial charge in [0.05, 0.1) is 0 Å². The summed E-state index contributed by atoms with van der Waals surface area (Å²) in [5, 5.41) is 9.54. The lowest BCUT2D eigenvalue weighted by Gasteiger charge is -2.01. The second kappa shape index (κ2) is 5.67. The van der Waals surface area contributed by atoms with Gasteiger partial charge in [-0.05, 0) is 48.5 Å². The zero-order valence-corrected chi connectivity index (χ0v) is 10.9. The van der Waals surface area contributed by atoms with Crippen molar-refractivity contribution >= 4 is 29.0 Å². The SMILES string of the molecule is O=C(C(=O)c1ccc(O)cc1)C(=O)c1ccc(Cl)cc1. The molecule has 2 aromatic rings. The molecule has 0 fully saturated rings. The van der Waals surface area contributed by atoms with Crippen LogP contribution in [0.2, 0.25) is 5.02 Å². The maximum absolute atomic E-state index is 11.9. The quantitative estimate of drug-likeness (QED) is 0.533. The van der Waals surface area contributed by atoms with E-state index in [0.29, 0.717) is 5.02 Å². The second-order valence-corrected chi connectivity index (χ2v) is 4.48. The predicted molar refractivity (Wildman–Crippen MR) is 73.2 cm³/mol. The van der Waals surface area contributed by atoms with Crippen LogP contribution in [-0.2, 0) is 4.79 Å². The fourth-order valence-corrected chi connectivity index (χ4v) is 1.71. The van der Waals surface area contributed by atoms with Crippen LogP contribution in [-0.4, -0.2) is 22.5 Å². The maximum atomic E-state index is 11.9. The number of aromatic hydroxyl groups is 1. The number of hydrogen-bond donors (Lipinski definition) is 1. The van der Waals surface area contributed by atoms with E-state index in [1.54, 1.807) is 0 Å². The minimum atomic E-state index is -1.13. The zero-order chi connectivity index (χ0) is 14.7. The van der Waals surface area contributed by atoms with Gasteiger partial charge in [-0.1, -0.05) is 11.6 Å². The average Bonchev–Trinajstić information content (AvgIpc) is 2.46. The summed E-state index contributed by atoms with van der Waals surface area (Å²) >= 11 is 5.68. The summed E-state index contributed by atoms with van der Waals surface area (Å²) in [7, 11) is 0. The van der Waals surface area contributed by atoms with E-state index in [1.807, 2.05) is 0 Å². The van der Waals surface area contributed by atoms with Crippen molar-refractivity contribution in [1.29, 1.82) is 0 Å². The molecule has 1 N–H and O–H groups in total. The Labute approximate surface area is 119 Å². The van der Waals surface area contributed by atoms with E-state index in [2.05, 4.69) is 0 Å². The minimum absolute atomic E-state index is 0.0296. The van der Waals surface area contributed by atoms with Gasteiger partial charge in [0.1, 0.15) is 5.75 Å². The molecular weight excluding hydrogens is 280 g/mol. The van der Waals surface area contributed by atoms with Crippen LogP contribution in [0.5, 0.6) is 5.75 Å². The number of benzene rings is 2. The number of ketones is 3. The van der Waals surface area contributed by atoms with Crippen molar-refractivity contribution in [1.82, 2.24) is 0 Å². The van der Waals surface area contributed by atoms with E-state index in [4.69, 9.17) is 16.7 Å². The molecule has 20 heavy (non-hydrogen) atoms. The Morgan fingerprint density at radius 3 is 1.60 bits per heavy atom. The Morgan fingerprint density at radius 1 is 0.750 bits per heavy atom. The van der Waals surface area contributed by atoms with Crippen LogP contribution in [0.3, 0.4) is 0 Å². The largest absolute Gasteiger partial charge is 0.508 e. The standard InChI is InChI=1S/C15H9ClO4/c16-11-5-1-9(2-6-11)13(18)15(20)14(19)10-3-7-12(17)8-4-10/h1-8,17H. The monoisotopic (exact) mass is 288 g/mol. The molecule has 0 unspecified atom stereocenters. The van der Waals surface area contributed by atoms with Gasteiger partial charge in [-0.15, -0.1) is 0 Å². The van der Waals surface area contributed by atoms with Gasteiger partial charge in [0.25, 0.3) is 5.78 Å². The first kappa shape index (κ1) is 14.0. The highest BCUT2D eigenvalue weighted by atomic mass is 35.5. The molecule has 0 aromatic heterocycles. The van der Waals surface area contributed by atoms with Crippen molar-refractivity contribution < 1.29 is 19.5 Å². The average molecular weight is 289 g/mol. The third kappa shape index (κ3) is 2.92. The molecule has 0 bridgehead atoms. The molecule has 0 saturated heterocycles. The number of carbonyl (C=O) groups is 3. The normalized spacial score (nSPS) is 10.1. The summed E-state index contributed by atoms with van der Waals surface area (Å²) in [6.45, 7) is 0. The van der Waals surface area contributed by atoms with Gasteiger partial charge >= 0.3 is 0 Å². The van der Waals surface area contributed by atoms with Crippen molar-refractivity contribution in [2.24, 2.45) is 0 Å². The molecule has 0 aliphatic carbocycles. The highest BCUT2D eigenvalue weighted by Gasteiger charge is 2.25. The van der Waals surface area contributed by atoms with Gasteiger partial charge in [0.15, 0.2) is 0 Å². The number of rotatable bonds is 4. The van der Waals surface area contributed by atoms with Gasteiger partial charge in [-0.3, -0.25) is 14.4 Å². The molecule has 0 aliphatic heterocycles. The first-order chi connectivity index (χ1) is 9.49. The highest BCUT2D eigenvalue weighted by molar-refractivity contribution is 6.69. The van der Waals surface area contributed by atoms with Crippen LogP contribution in [0, 0.1) is 0 Å². The number of hydrogen-bond acceptors (Lipinski definition) is 4. The highest BCUT2D eigenvalue weighted by Crippen LogP contribution is 2.13. The lowest BCUT2D eigenvalue weighted by molar-refractivity contribution is -0.111. The van der Waals surface area contributed by atoms with E-state index >= 15 is 0 Å². The molecular formula is C15H9ClO4. The van der Waals surface area contributed by atoms with Gasteiger partial charge < -0.3 is 5.11 Å². The molecule has 0 atom stereocenters. The van der Waals surface area contributed by atoms with Gasteiger partial charge in [0.2, 0.25) is 11.6 Å². The fraction of sp³-hybridized carbons (Fsp3) is 0. The fourth-order valence-electron chi connectivity index (χ4n) is 1.58. The third-order valence-electron chi connectivity index (χ3n) is 2.65. The summed E-state index contributed by atoms with van der Waals surface area (Å²) < 4.78 is 0. The van der Waals surface area contributed by atoms with Crippen LogP contribution in [0.4, 0.5) is 0 Å². The van der Waals surface area contributed by atoms with E-state index in [0.717, 1.165) is 0 Å². The topological polar surface area (TPSA) is 71.4 Å². The van der Waals surface area contributed by atoms with Crippen molar-refractivity contribution in [3.8, 4) is 5.75 Å². The summed E-state index contributed by atoms with van der Waals surface area (Å²) in [4.78, 5) is 35.6. The summed E-state index contributed by atoms with van der Waals surface area (Å²) in [5.41, 5.74) is 0.154. The van der Waals surface area contributed by atoms with Crippen LogP contribution in [0.15, 0.2) is 48.5 Å². The molecule has 0 spiro atoms. The summed E-state index contributed by atoms with van der Waals surface area (Å²) in [6, 6.07) is 10.8. The molecule has 0 aliphatic rings. The molecule has 4 nitrogen and oxygen atoms in total. The first-order valence-corrected chi connectivity index (χ1v) is 6.05. The molecule has 2 aromatic carbocycles. The Hall–Kier alpha value is -2.46. The van der Waals surface area contributed by atoms with E-state index in [-0.39, 0.29) is 16.9 Å². The Morgan fingerprint density at radius 2 is 1.15 bits per heavy atom. The number of Topliss-reactive ketones (excluding diaryl/α,β-unsaturated/α-hetero) is 3. The van der Waals surface area contributed by atoms with Crippen molar-refractivity contribution in [3.63, 3.8) is 0 Å². The first-order valence-electron chi connectivity index (χ1n) is 5.67. The van der Waals surface area contributed by atoms with E-state index in [9.17, 15) is 14.4 Å². The number of carbonyl (C=O) groups excluding carboxylic acids is 3. The lowest BCUT2D eigenvalue weighted by Crippen LogP contribution is -2.24. The second-order valence-electron chi connectivity index (χ2n) is 4.04. The van der Waals surface area contributed by atoms with E-state index in [1.165, 1.54) is 48.5 Å². The minimum Gasteiger partial charge on any atom is -0.508 e. The van der Waals surface area contributed by atoms with E-state index < -0.39 is 17.3 Å². The maximum Gasteiger partial charge on any atom is 0.273 e. The Bertz CT molecular complexity index is 613. The van der Waals surface area contributed by atoms with Crippen LogP contribution < -0.4 is 0 Å². The molecule has 5 heteroatoms. The number of halogens is 1. The lowest BCUT2D eigenvalue weighted by atomic mass is 10.0. The number of phenols is 1. The smallest absolute Gasteiger partial charge is 0.273 e. The van der Waals surface area contributed by atoms with Crippen LogP contribution in [0.25, 0.3) is 0 Å². The van der Waals surface area contributed by atoms with Crippen molar-refractivity contribution in [2.45, 2.75) is 0 Å². The summed E-state index contributed by atoms with van der Waals surface area (Å²) in [5.74, 6) is -2.96. The van der Waals surface area contributed by atoms with Gasteiger partial charge in [0, 0.05) is 16.1 Å². The molecule has 2 rings (SSSR count). The predicted octanol–water partition coefficient (Wildman–Crippen LogP) is 2.68. The zero-order valence-electron chi connectivity index (χ0n) is 10.2. The molecule has 0 saturated carbocycles. The van der Waals surface area contributed by atoms with Crippen molar-refractivity contribution in [3.05, 3.63) is 64.7 Å². The van der Waals surface area contributed by atoms with Gasteiger partial charge in [-0.2, -0.15) is 0 Å². The van der Waals surface area contributed by atoms with Crippen molar-refractivity contribution in [2.75, 3.05) is 0 Å². The Kier molecular flexibility index (Phi) is 3.96. The third-order valence-corrected chi connectivity index (χ3v) is 2.90. The summed E-state index contributed by atoms with van der Waals surface area (Å²) in [6.07, 6.45) is 0. The Balaban J connectivity index is 2.22.